The zero-order valence-electron chi connectivity index (χ0n) is 60.5. The van der Waals surface area contributed by atoms with Crippen LogP contribution >= 0.6 is 0 Å². The molecule has 0 radical (unpaired) electrons. The molecule has 1 fully saturated rings. The molecule has 9 nitrogen and oxygen atoms in total. The average Bonchev–Trinajstić information content (AvgIpc) is 2.17. The lowest BCUT2D eigenvalue weighted by atomic mass is 9.89. The second kappa shape index (κ2) is 72.3. The van der Waals surface area contributed by atoms with Crippen molar-refractivity contribution in [3.8, 4) is 0 Å². The zero-order chi connectivity index (χ0) is 67.6. The molecule has 0 aromatic rings. The lowest BCUT2D eigenvalue weighted by Crippen LogP contribution is -2.26. The van der Waals surface area contributed by atoms with Gasteiger partial charge in [-0.3, -0.25) is 28.8 Å². The molecule has 90 heavy (non-hydrogen) atoms. The van der Waals surface area contributed by atoms with Crippen molar-refractivity contribution >= 4 is 35.3 Å². The minimum absolute atomic E-state index is 0. The molecular weight excluding hydrogens is 1120 g/mol. The van der Waals surface area contributed by atoms with Gasteiger partial charge in [0.2, 0.25) is 0 Å². The van der Waals surface area contributed by atoms with Crippen molar-refractivity contribution in [3.63, 3.8) is 0 Å². The van der Waals surface area contributed by atoms with Gasteiger partial charge in [0.25, 0.3) is 0 Å². The number of methoxy groups -OCH3 is 2. The van der Waals surface area contributed by atoms with Crippen molar-refractivity contribution in [1.29, 1.82) is 0 Å². The van der Waals surface area contributed by atoms with Crippen molar-refractivity contribution in [2.75, 3.05) is 14.2 Å². The minimum Gasteiger partial charge on any atom is -0.481 e. The summed E-state index contributed by atoms with van der Waals surface area (Å²) in [6, 6.07) is 0. The number of hydrogen-bond acceptors (Lipinski definition) is 8. The molecule has 0 amide bonds. The molecular formula is C81H148O9. The van der Waals surface area contributed by atoms with Crippen molar-refractivity contribution in [1.82, 2.24) is 0 Å². The van der Waals surface area contributed by atoms with Crippen molar-refractivity contribution in [2.24, 2.45) is 29.6 Å². The van der Waals surface area contributed by atoms with Gasteiger partial charge < -0.3 is 14.6 Å². The highest BCUT2D eigenvalue weighted by atomic mass is 16.5. The third kappa shape index (κ3) is 78.1. The summed E-state index contributed by atoms with van der Waals surface area (Å²) >= 11 is 0. The van der Waals surface area contributed by atoms with Crippen LogP contribution in [0.15, 0.2) is 72.9 Å². The SMILES string of the molecule is C.C=CCCCCCCCC(C(=O)C[C@H](C)CCC=C(C)C)C(=O)OC.C=CCCCCCCCCC(=O)C[C@H](C)CCC=C(C)C.C=CCCCCCCCCC(=O)OC.CC(C)=CCC[C@@H](C)CC(=O)O.C[C@@H]1CCCCCCCCCCCCC(=O)C1. The van der Waals surface area contributed by atoms with Crippen LogP contribution in [0.1, 0.15) is 366 Å². The Bertz CT molecular complexity index is 1820. The maximum absolute atomic E-state index is 12.5. The van der Waals surface area contributed by atoms with Gasteiger partial charge in [-0.15, -0.1) is 19.7 Å². The van der Waals surface area contributed by atoms with Gasteiger partial charge in [-0.05, 0) is 168 Å². The van der Waals surface area contributed by atoms with E-state index in [1.165, 1.54) is 166 Å². The Labute approximate surface area is 558 Å². The van der Waals surface area contributed by atoms with E-state index in [1.54, 1.807) is 0 Å². The molecule has 0 aromatic carbocycles. The number of ether oxygens (including phenoxy) is 2. The fourth-order valence-electron chi connectivity index (χ4n) is 10.8. The summed E-state index contributed by atoms with van der Waals surface area (Å²) in [5.74, 6) is 1.03. The molecule has 1 aliphatic carbocycles. The molecule has 1 N–H and O–H groups in total. The summed E-state index contributed by atoms with van der Waals surface area (Å²) in [5.41, 5.74) is 3.98. The summed E-state index contributed by atoms with van der Waals surface area (Å²) < 4.78 is 9.42. The molecule has 1 saturated carbocycles. The first-order valence-electron chi connectivity index (χ1n) is 36.2. The van der Waals surface area contributed by atoms with Crippen LogP contribution in [0.5, 0.6) is 0 Å². The van der Waals surface area contributed by atoms with Crippen LogP contribution in [0.3, 0.4) is 0 Å². The van der Waals surface area contributed by atoms with E-state index in [-0.39, 0.29) is 37.5 Å². The molecule has 0 heterocycles. The van der Waals surface area contributed by atoms with E-state index >= 15 is 0 Å². The number of carboxylic acids is 1. The van der Waals surface area contributed by atoms with Gasteiger partial charge in [-0.1, -0.05) is 230 Å². The smallest absolute Gasteiger partial charge is 0.316 e. The summed E-state index contributed by atoms with van der Waals surface area (Å²) in [6.07, 6.45) is 62.1. The Hall–Kier alpha value is -4.14. The number of ketones is 3. The van der Waals surface area contributed by atoms with Gasteiger partial charge in [0.05, 0.1) is 14.2 Å². The molecule has 0 saturated heterocycles. The van der Waals surface area contributed by atoms with Crippen LogP contribution < -0.4 is 0 Å². The molecule has 0 spiro atoms. The van der Waals surface area contributed by atoms with E-state index in [9.17, 15) is 28.8 Å². The number of rotatable bonds is 43. The van der Waals surface area contributed by atoms with Crippen LogP contribution in [-0.4, -0.2) is 54.6 Å². The van der Waals surface area contributed by atoms with Gasteiger partial charge in [-0.2, -0.15) is 0 Å². The lowest BCUT2D eigenvalue weighted by molar-refractivity contribution is -0.150. The maximum atomic E-state index is 12.5. The Morgan fingerprint density at radius 3 is 1.24 bits per heavy atom. The van der Waals surface area contributed by atoms with E-state index in [1.807, 2.05) is 25.2 Å². The Kier molecular flexibility index (Phi) is 76.0. The van der Waals surface area contributed by atoms with E-state index < -0.39 is 11.9 Å². The van der Waals surface area contributed by atoms with Crippen LogP contribution in [0.2, 0.25) is 0 Å². The highest BCUT2D eigenvalue weighted by Crippen LogP contribution is 2.23. The second-order valence-corrected chi connectivity index (χ2v) is 27.0. The molecule has 0 bridgehead atoms. The summed E-state index contributed by atoms with van der Waals surface area (Å²) in [6.45, 7) is 32.2. The van der Waals surface area contributed by atoms with Crippen LogP contribution in [0, 0.1) is 29.6 Å². The predicted octanol–water partition coefficient (Wildman–Crippen LogP) is 24.9. The number of allylic oxidation sites excluding steroid dienone is 9. The van der Waals surface area contributed by atoms with Gasteiger partial charge in [-0.25, -0.2) is 0 Å². The molecule has 1 rings (SSSR count). The third-order valence-corrected chi connectivity index (χ3v) is 16.4. The topological polar surface area (TPSA) is 141 Å². The number of hydrogen-bond donors (Lipinski definition) is 1. The second-order valence-electron chi connectivity index (χ2n) is 27.0. The number of carbonyl (C=O) groups excluding carboxylic acids is 5. The highest BCUT2D eigenvalue weighted by molar-refractivity contribution is 5.99. The summed E-state index contributed by atoms with van der Waals surface area (Å²) in [7, 11) is 2.81. The molecule has 0 aliphatic heterocycles. The quantitative estimate of drug-likeness (QED) is 0.0273. The molecule has 1 aliphatic rings. The fraction of sp³-hybridized carbons (Fsp3) is 0.778. The van der Waals surface area contributed by atoms with E-state index in [4.69, 9.17) is 9.84 Å². The molecule has 0 aromatic heterocycles. The Balaban J connectivity index is -0.000000341. The van der Waals surface area contributed by atoms with Gasteiger partial charge in [0.1, 0.15) is 23.3 Å². The monoisotopic (exact) mass is 1270 g/mol. The summed E-state index contributed by atoms with van der Waals surface area (Å²) in [5, 5.41) is 8.48. The number of aliphatic carboxylic acids is 1. The van der Waals surface area contributed by atoms with E-state index in [2.05, 4.69) is 105 Å². The lowest BCUT2D eigenvalue weighted by Gasteiger charge is -2.16. The number of Topliss-reactive ketones (excluding diaryl/α,β-unsaturated/α-hetero) is 3. The first-order valence-corrected chi connectivity index (χ1v) is 36.2. The van der Waals surface area contributed by atoms with Crippen LogP contribution in [-0.2, 0) is 38.2 Å². The Morgan fingerprint density at radius 2 is 0.844 bits per heavy atom. The van der Waals surface area contributed by atoms with Crippen molar-refractivity contribution in [3.05, 3.63) is 72.9 Å². The first-order chi connectivity index (χ1) is 42.6. The molecule has 526 valence electrons. The third-order valence-electron chi connectivity index (χ3n) is 16.4. The van der Waals surface area contributed by atoms with Crippen molar-refractivity contribution in [2.45, 2.75) is 366 Å². The first kappa shape index (κ1) is 94.6. The molecule has 1 unspecified atom stereocenters. The fourth-order valence-corrected chi connectivity index (χ4v) is 10.8. The van der Waals surface area contributed by atoms with Gasteiger partial charge in [0.15, 0.2) is 0 Å². The number of carbonyl (C=O) groups is 6. The normalized spacial score (nSPS) is 14.7. The summed E-state index contributed by atoms with van der Waals surface area (Å²) in [4.78, 5) is 69.2. The van der Waals surface area contributed by atoms with Crippen molar-refractivity contribution < 1.29 is 43.3 Å². The largest absolute Gasteiger partial charge is 0.481 e. The standard InChI is InChI=1S/C22H38O3.C20H36O.C16H30O.C12H22O2.C10H18O2.CH4/c1-6-7-8-9-10-11-12-16-20(22(24)25-5)21(23)17-19(4)15-13-14-18(2)3;1-5-6-7-8-9-10-11-12-16-20(21)17-19(4)15-13-14-18(2)3;1-15-12-10-8-6-4-2-3-5-7-9-11-13-16(17)14-15;1-3-4-5-6-7-8-9-10-11-12(13)14-2;1-8(2)5-4-6-9(3)7-10(11)12;/h6,14,19-20H,1,7-13,15-17H2,2-5H3;5,14,19H,1,6-13,15-17H2,2-4H3;15H,2-14H2,1H3;3H,1,4-11H2,2H3;5,9H,4,6-7H2,1-3H3,(H,11,12);1H4/t19-,20?;19-;15-;;9-;/m111.1./s1. The van der Waals surface area contributed by atoms with E-state index in [0.717, 1.165) is 128 Å². The average molecular weight is 1270 g/mol. The predicted molar refractivity (Wildman–Crippen MR) is 390 cm³/mol. The molecule has 5 atom stereocenters. The van der Waals surface area contributed by atoms with Crippen LogP contribution in [0.25, 0.3) is 0 Å². The van der Waals surface area contributed by atoms with Gasteiger partial charge in [0, 0.05) is 44.9 Å². The highest BCUT2D eigenvalue weighted by Gasteiger charge is 2.28. The minimum atomic E-state index is -0.695. The van der Waals surface area contributed by atoms with Crippen LogP contribution in [0.4, 0.5) is 0 Å². The number of esters is 2. The number of carboxylic acid groups (broad SMARTS) is 1. The molecule has 9 heteroatoms. The zero-order valence-corrected chi connectivity index (χ0v) is 60.5. The number of unbranched alkanes of at least 4 members (excludes halogenated alkanes) is 17. The van der Waals surface area contributed by atoms with E-state index in [0.29, 0.717) is 48.6 Å². The Morgan fingerprint density at radius 1 is 0.478 bits per heavy atom. The van der Waals surface area contributed by atoms with Gasteiger partial charge >= 0.3 is 17.9 Å². The maximum Gasteiger partial charge on any atom is 0.316 e.